The first-order valence-electron chi connectivity index (χ1n) is 10.3. The summed E-state index contributed by atoms with van der Waals surface area (Å²) in [5.41, 5.74) is 2.85. The number of aromatic amines is 1. The highest BCUT2D eigenvalue weighted by atomic mass is 32.1. The lowest BCUT2D eigenvalue weighted by molar-refractivity contribution is -0.118. The highest BCUT2D eigenvalue weighted by molar-refractivity contribution is 7.18. The predicted molar refractivity (Wildman–Crippen MR) is 132 cm³/mol. The normalized spacial score (nSPS) is 11.9. The Hall–Kier alpha value is -3.82. The quantitative estimate of drug-likeness (QED) is 0.318. The van der Waals surface area contributed by atoms with E-state index in [9.17, 15) is 9.59 Å². The molecule has 0 bridgehead atoms. The maximum absolute atomic E-state index is 13.2. The maximum Gasteiger partial charge on any atom is 0.262 e. The molecule has 0 fully saturated rings. The molecule has 0 aliphatic heterocycles. The van der Waals surface area contributed by atoms with Crippen molar-refractivity contribution in [2.45, 2.75) is 12.5 Å². The summed E-state index contributed by atoms with van der Waals surface area (Å²) in [6, 6.07) is 20.3. The number of benzene rings is 2. The summed E-state index contributed by atoms with van der Waals surface area (Å²) in [6.07, 6.45) is 2.21. The molecule has 5 rings (SSSR count). The van der Waals surface area contributed by atoms with Crippen LogP contribution in [0.3, 0.4) is 0 Å². The first-order chi connectivity index (χ1) is 16.2. The maximum atomic E-state index is 13.2. The summed E-state index contributed by atoms with van der Waals surface area (Å²) >= 11 is 2.62. The lowest BCUT2D eigenvalue weighted by Gasteiger charge is -2.17. The van der Waals surface area contributed by atoms with Crippen molar-refractivity contribution in [1.82, 2.24) is 20.5 Å². The van der Waals surface area contributed by atoms with E-state index in [1.54, 1.807) is 12.1 Å². The molecule has 3 aromatic heterocycles. The zero-order chi connectivity index (χ0) is 22.6. The smallest absolute Gasteiger partial charge is 0.262 e. The number of nitrogens with zero attached hydrogens (tertiary/aromatic N) is 2. The van der Waals surface area contributed by atoms with Crippen LogP contribution in [0.2, 0.25) is 0 Å². The number of nitrogens with one attached hydrogen (secondary N) is 3. The largest absolute Gasteiger partial charge is 0.361 e. The number of carbonyl (C=O) groups is 2. The first-order valence-corrected chi connectivity index (χ1v) is 12.0. The highest BCUT2D eigenvalue weighted by Crippen LogP contribution is 2.26. The van der Waals surface area contributed by atoms with E-state index < -0.39 is 6.04 Å². The molecular weight excluding hydrogens is 454 g/mol. The lowest BCUT2D eigenvalue weighted by Crippen LogP contribution is -2.45. The van der Waals surface area contributed by atoms with Gasteiger partial charge in [0.05, 0.1) is 4.88 Å². The Morgan fingerprint density at radius 3 is 2.61 bits per heavy atom. The summed E-state index contributed by atoms with van der Waals surface area (Å²) in [5, 5.41) is 17.9. The fourth-order valence-electron chi connectivity index (χ4n) is 3.53. The number of aromatic nitrogens is 3. The van der Waals surface area contributed by atoms with E-state index in [4.69, 9.17) is 0 Å². The second kappa shape index (κ2) is 9.35. The summed E-state index contributed by atoms with van der Waals surface area (Å²) in [5.74, 6) is -0.631. The third kappa shape index (κ3) is 4.69. The van der Waals surface area contributed by atoms with Crippen LogP contribution in [-0.4, -0.2) is 33.0 Å². The number of fused-ring (bicyclic) bond motifs is 1. The SMILES string of the molecule is O=C(NC(Cc1c[nH]c2ccccc12)C(=O)Nc1nnc(-c2ccccc2)s1)c1cccs1. The number of anilines is 1. The van der Waals surface area contributed by atoms with Gasteiger partial charge in [-0.2, -0.15) is 0 Å². The second-order valence-electron chi connectivity index (χ2n) is 7.33. The summed E-state index contributed by atoms with van der Waals surface area (Å²) in [6.45, 7) is 0. The number of carbonyl (C=O) groups excluding carboxylic acids is 2. The minimum atomic E-state index is -0.789. The monoisotopic (exact) mass is 473 g/mol. The zero-order valence-electron chi connectivity index (χ0n) is 17.3. The number of hydrogen-bond donors (Lipinski definition) is 3. The van der Waals surface area contributed by atoms with Crippen molar-refractivity contribution in [3.05, 3.63) is 88.7 Å². The van der Waals surface area contributed by atoms with E-state index >= 15 is 0 Å². The van der Waals surface area contributed by atoms with Gasteiger partial charge in [-0.15, -0.1) is 21.5 Å². The van der Waals surface area contributed by atoms with Crippen molar-refractivity contribution < 1.29 is 9.59 Å². The summed E-state index contributed by atoms with van der Waals surface area (Å²) in [4.78, 5) is 29.7. The van der Waals surface area contributed by atoms with E-state index in [1.165, 1.54) is 22.7 Å². The van der Waals surface area contributed by atoms with Gasteiger partial charge < -0.3 is 10.3 Å². The van der Waals surface area contributed by atoms with Crippen LogP contribution in [0.4, 0.5) is 5.13 Å². The second-order valence-corrected chi connectivity index (χ2v) is 9.26. The number of amides is 2. The van der Waals surface area contributed by atoms with Crippen molar-refractivity contribution in [3.8, 4) is 10.6 Å². The Morgan fingerprint density at radius 1 is 0.970 bits per heavy atom. The van der Waals surface area contributed by atoms with E-state index in [-0.39, 0.29) is 11.8 Å². The van der Waals surface area contributed by atoms with Crippen LogP contribution in [0, 0.1) is 0 Å². The molecule has 0 aliphatic rings. The molecule has 0 aliphatic carbocycles. The van der Waals surface area contributed by atoms with Crippen LogP contribution in [0.25, 0.3) is 21.5 Å². The van der Waals surface area contributed by atoms with Crippen LogP contribution in [-0.2, 0) is 11.2 Å². The van der Waals surface area contributed by atoms with Crippen molar-refractivity contribution in [3.63, 3.8) is 0 Å². The van der Waals surface area contributed by atoms with Crippen LogP contribution >= 0.6 is 22.7 Å². The van der Waals surface area contributed by atoms with Gasteiger partial charge in [0.15, 0.2) is 0 Å². The molecule has 3 heterocycles. The molecule has 0 radical (unpaired) electrons. The van der Waals surface area contributed by atoms with Gasteiger partial charge in [0.1, 0.15) is 11.0 Å². The van der Waals surface area contributed by atoms with Crippen molar-refractivity contribution in [2.24, 2.45) is 0 Å². The number of hydrogen-bond acceptors (Lipinski definition) is 6. The van der Waals surface area contributed by atoms with E-state index in [1.807, 2.05) is 66.2 Å². The molecule has 2 amide bonds. The van der Waals surface area contributed by atoms with Gasteiger partial charge in [0.25, 0.3) is 5.91 Å². The minimum absolute atomic E-state index is 0.285. The molecule has 33 heavy (non-hydrogen) atoms. The Kier molecular flexibility index (Phi) is 5.97. The molecule has 0 spiro atoms. The first kappa shape index (κ1) is 21.0. The Bertz CT molecular complexity index is 1390. The number of thiophene rings is 1. The van der Waals surface area contributed by atoms with Gasteiger partial charge in [0, 0.05) is 29.1 Å². The molecule has 2 aromatic carbocycles. The van der Waals surface area contributed by atoms with Crippen LogP contribution in [0.15, 0.2) is 78.3 Å². The van der Waals surface area contributed by atoms with Crippen molar-refractivity contribution in [2.75, 3.05) is 5.32 Å². The van der Waals surface area contributed by atoms with Crippen LogP contribution < -0.4 is 10.6 Å². The fraction of sp³-hybridized carbons (Fsp3) is 0.0833. The average Bonchev–Trinajstić information content (AvgIpc) is 3.61. The standard InChI is InChI=1S/C24H19N5O2S2/c30-21(27-24-29-28-23(33-24)15-7-2-1-3-8-15)19(26-22(31)20-11-6-12-32-20)13-16-14-25-18-10-5-4-9-17(16)18/h1-12,14,19,25H,13H2,(H,26,31)(H,27,29,30). The number of rotatable bonds is 7. The van der Waals surface area contributed by atoms with Gasteiger partial charge in [-0.25, -0.2) is 0 Å². The third-order valence-electron chi connectivity index (χ3n) is 5.14. The van der Waals surface area contributed by atoms with Gasteiger partial charge in [0.2, 0.25) is 11.0 Å². The van der Waals surface area contributed by atoms with E-state index in [2.05, 4.69) is 25.8 Å². The summed E-state index contributed by atoms with van der Waals surface area (Å²) in [7, 11) is 0. The van der Waals surface area contributed by atoms with E-state index in [0.29, 0.717) is 21.4 Å². The van der Waals surface area contributed by atoms with Gasteiger partial charge in [-0.3, -0.25) is 14.9 Å². The lowest BCUT2D eigenvalue weighted by atomic mass is 10.0. The topological polar surface area (TPSA) is 99.8 Å². The van der Waals surface area contributed by atoms with Gasteiger partial charge >= 0.3 is 0 Å². The predicted octanol–water partition coefficient (Wildman–Crippen LogP) is 4.73. The Morgan fingerprint density at radius 2 is 1.79 bits per heavy atom. The van der Waals surface area contributed by atoms with Gasteiger partial charge in [-0.1, -0.05) is 65.9 Å². The molecule has 1 unspecified atom stereocenters. The average molecular weight is 474 g/mol. The Labute approximate surface area is 197 Å². The van der Waals surface area contributed by atoms with Gasteiger partial charge in [-0.05, 0) is 23.1 Å². The zero-order valence-corrected chi connectivity index (χ0v) is 19.0. The highest BCUT2D eigenvalue weighted by Gasteiger charge is 2.25. The van der Waals surface area contributed by atoms with Crippen molar-refractivity contribution >= 4 is 50.5 Å². The summed E-state index contributed by atoms with van der Waals surface area (Å²) < 4.78 is 0. The molecule has 3 N–H and O–H groups in total. The molecule has 1 atom stereocenters. The van der Waals surface area contributed by atoms with E-state index in [0.717, 1.165) is 22.0 Å². The molecule has 0 saturated heterocycles. The number of para-hydroxylation sites is 1. The van der Waals surface area contributed by atoms with Crippen LogP contribution in [0.5, 0.6) is 0 Å². The molecule has 7 nitrogen and oxygen atoms in total. The van der Waals surface area contributed by atoms with Crippen molar-refractivity contribution in [1.29, 1.82) is 0 Å². The molecule has 164 valence electrons. The molecule has 0 saturated carbocycles. The number of H-pyrrole nitrogens is 1. The third-order valence-corrected chi connectivity index (χ3v) is 6.90. The molecule has 9 heteroatoms. The minimum Gasteiger partial charge on any atom is -0.361 e. The Balaban J connectivity index is 1.38. The molecular formula is C24H19N5O2S2. The van der Waals surface area contributed by atoms with Crippen LogP contribution in [0.1, 0.15) is 15.2 Å². The molecule has 5 aromatic rings. The fourth-order valence-corrected chi connectivity index (χ4v) is 4.91.